The lowest BCUT2D eigenvalue weighted by molar-refractivity contribution is -0.120. The zero-order chi connectivity index (χ0) is 22.1. The van der Waals surface area contributed by atoms with Gasteiger partial charge in [-0.2, -0.15) is 0 Å². The predicted molar refractivity (Wildman–Crippen MR) is 121 cm³/mol. The first kappa shape index (κ1) is 20.5. The van der Waals surface area contributed by atoms with Gasteiger partial charge in [-0.3, -0.25) is 9.59 Å². The molecule has 0 atom stereocenters. The van der Waals surface area contributed by atoms with Crippen LogP contribution >= 0.6 is 0 Å². The van der Waals surface area contributed by atoms with E-state index in [9.17, 15) is 14.0 Å². The molecule has 3 aromatic carbocycles. The van der Waals surface area contributed by atoms with Gasteiger partial charge in [0.1, 0.15) is 11.5 Å². The predicted octanol–water partition coefficient (Wildman–Crippen LogP) is 5.40. The van der Waals surface area contributed by atoms with E-state index in [2.05, 4.69) is 12.2 Å². The molecule has 3 aromatic rings. The van der Waals surface area contributed by atoms with Gasteiger partial charge < -0.3 is 5.32 Å². The minimum absolute atomic E-state index is 0.182. The van der Waals surface area contributed by atoms with Crippen LogP contribution in [-0.2, 0) is 16.0 Å². The highest BCUT2D eigenvalue weighted by Crippen LogP contribution is 2.35. The van der Waals surface area contributed by atoms with E-state index >= 15 is 0 Å². The fourth-order valence-electron chi connectivity index (χ4n) is 3.69. The lowest BCUT2D eigenvalue weighted by Crippen LogP contribution is -2.33. The molecular weight excluding hydrogens is 391 g/mol. The molecule has 0 fully saturated rings. The van der Waals surface area contributed by atoms with Crippen LogP contribution in [0, 0.1) is 19.7 Å². The molecule has 1 N–H and O–H groups in total. The highest BCUT2D eigenvalue weighted by Gasteiger charge is 2.40. The molecule has 156 valence electrons. The maximum atomic E-state index is 13.5. The number of hydrogen-bond acceptors (Lipinski definition) is 3. The summed E-state index contributed by atoms with van der Waals surface area (Å²) in [4.78, 5) is 28.1. The molecule has 0 saturated heterocycles. The van der Waals surface area contributed by atoms with Gasteiger partial charge in [0.05, 0.1) is 11.3 Å². The standard InChI is InChI=1S/C26H23FN2O2/c1-4-18-8-14-21(15-9-18)28-24-23(19-10-12-20(27)13-11-19)25(30)29(26(24)31)22-7-5-6-16(2)17(22)3/h5-15,28H,4H2,1-3H3. The Morgan fingerprint density at radius 2 is 1.55 bits per heavy atom. The Hall–Kier alpha value is -3.73. The van der Waals surface area contributed by atoms with Crippen LogP contribution in [0.2, 0.25) is 0 Å². The van der Waals surface area contributed by atoms with Gasteiger partial charge in [0.25, 0.3) is 11.8 Å². The third kappa shape index (κ3) is 3.75. The average Bonchev–Trinajstić information content (AvgIpc) is 3.01. The molecule has 4 nitrogen and oxygen atoms in total. The van der Waals surface area contributed by atoms with Crippen molar-refractivity contribution in [3.8, 4) is 0 Å². The summed E-state index contributed by atoms with van der Waals surface area (Å²) >= 11 is 0. The first-order valence-electron chi connectivity index (χ1n) is 10.2. The van der Waals surface area contributed by atoms with Crippen LogP contribution in [0.3, 0.4) is 0 Å². The van der Waals surface area contributed by atoms with Crippen LogP contribution < -0.4 is 10.2 Å². The van der Waals surface area contributed by atoms with Crippen molar-refractivity contribution in [2.45, 2.75) is 27.2 Å². The zero-order valence-corrected chi connectivity index (χ0v) is 17.7. The molecule has 0 radical (unpaired) electrons. The topological polar surface area (TPSA) is 49.4 Å². The normalized spacial score (nSPS) is 13.9. The van der Waals surface area contributed by atoms with Crippen LogP contribution in [0.25, 0.3) is 5.57 Å². The maximum absolute atomic E-state index is 13.5. The van der Waals surface area contributed by atoms with E-state index in [0.717, 1.165) is 17.5 Å². The number of amides is 2. The van der Waals surface area contributed by atoms with Gasteiger partial charge in [-0.1, -0.05) is 43.3 Å². The molecular formula is C26H23FN2O2. The summed E-state index contributed by atoms with van der Waals surface area (Å²) in [6.45, 7) is 5.89. The fourth-order valence-corrected chi connectivity index (χ4v) is 3.69. The van der Waals surface area contributed by atoms with Gasteiger partial charge in [-0.15, -0.1) is 0 Å². The Morgan fingerprint density at radius 1 is 0.871 bits per heavy atom. The van der Waals surface area contributed by atoms with E-state index < -0.39 is 17.6 Å². The summed E-state index contributed by atoms with van der Waals surface area (Å²) < 4.78 is 13.5. The number of carbonyl (C=O) groups excluding carboxylic acids is 2. The van der Waals surface area contributed by atoms with E-state index in [1.165, 1.54) is 34.7 Å². The number of nitrogens with one attached hydrogen (secondary N) is 1. The molecule has 2 amide bonds. The minimum Gasteiger partial charge on any atom is -0.350 e. The minimum atomic E-state index is -0.433. The molecule has 0 spiro atoms. The first-order chi connectivity index (χ1) is 14.9. The van der Waals surface area contributed by atoms with E-state index in [-0.39, 0.29) is 11.3 Å². The number of benzene rings is 3. The van der Waals surface area contributed by atoms with E-state index in [0.29, 0.717) is 16.9 Å². The maximum Gasteiger partial charge on any atom is 0.282 e. The summed E-state index contributed by atoms with van der Waals surface area (Å²) in [7, 11) is 0. The van der Waals surface area contributed by atoms with Crippen molar-refractivity contribution < 1.29 is 14.0 Å². The number of carbonyl (C=O) groups is 2. The fraction of sp³-hybridized carbons (Fsp3) is 0.154. The van der Waals surface area contributed by atoms with Crippen LogP contribution in [-0.4, -0.2) is 11.8 Å². The van der Waals surface area contributed by atoms with Crippen molar-refractivity contribution in [2.75, 3.05) is 10.2 Å². The summed E-state index contributed by atoms with van der Waals surface area (Å²) in [5.74, 6) is -1.27. The number of halogens is 1. The SMILES string of the molecule is CCc1ccc(NC2=C(c3ccc(F)cc3)C(=O)N(c3cccc(C)c3C)C2=O)cc1. The average molecular weight is 414 g/mol. The zero-order valence-electron chi connectivity index (χ0n) is 17.7. The lowest BCUT2D eigenvalue weighted by Gasteiger charge is -2.19. The second-order valence-corrected chi connectivity index (χ2v) is 7.60. The summed E-state index contributed by atoms with van der Waals surface area (Å²) in [5.41, 5.74) is 5.16. The van der Waals surface area contributed by atoms with E-state index in [4.69, 9.17) is 0 Å². The van der Waals surface area contributed by atoms with Crippen LogP contribution in [0.4, 0.5) is 15.8 Å². The Bertz CT molecular complexity index is 1200. The van der Waals surface area contributed by atoms with Crippen molar-refractivity contribution in [1.82, 2.24) is 0 Å². The summed E-state index contributed by atoms with van der Waals surface area (Å²) in [6.07, 6.45) is 0.904. The number of imide groups is 1. The van der Waals surface area contributed by atoms with Crippen molar-refractivity contribution in [1.29, 1.82) is 0 Å². The summed E-state index contributed by atoms with van der Waals surface area (Å²) in [6, 6.07) is 18.8. The highest BCUT2D eigenvalue weighted by molar-refractivity contribution is 6.46. The molecule has 0 saturated carbocycles. The Labute approximate surface area is 181 Å². The molecule has 1 aliphatic rings. The van der Waals surface area contributed by atoms with Gasteiger partial charge in [-0.25, -0.2) is 9.29 Å². The molecule has 0 aromatic heterocycles. The van der Waals surface area contributed by atoms with Crippen molar-refractivity contribution in [3.63, 3.8) is 0 Å². The molecule has 0 aliphatic carbocycles. The molecule has 0 unspecified atom stereocenters. The molecule has 1 aliphatic heterocycles. The molecule has 1 heterocycles. The van der Waals surface area contributed by atoms with E-state index in [1.807, 2.05) is 50.2 Å². The summed E-state index contributed by atoms with van der Waals surface area (Å²) in [5, 5.41) is 3.14. The van der Waals surface area contributed by atoms with Crippen LogP contribution in [0.5, 0.6) is 0 Å². The third-order valence-electron chi connectivity index (χ3n) is 5.67. The number of nitrogens with zero attached hydrogens (tertiary/aromatic N) is 1. The van der Waals surface area contributed by atoms with Crippen LogP contribution in [0.1, 0.15) is 29.2 Å². The Kier molecular flexibility index (Phi) is 5.42. The van der Waals surface area contributed by atoms with Crippen LogP contribution in [0.15, 0.2) is 72.4 Å². The number of aryl methyl sites for hydroxylation is 2. The van der Waals surface area contributed by atoms with E-state index in [1.54, 1.807) is 6.07 Å². The smallest absolute Gasteiger partial charge is 0.282 e. The highest BCUT2D eigenvalue weighted by atomic mass is 19.1. The number of rotatable bonds is 5. The third-order valence-corrected chi connectivity index (χ3v) is 5.67. The van der Waals surface area contributed by atoms with Crippen molar-refractivity contribution in [3.05, 3.63) is 100 Å². The Morgan fingerprint density at radius 3 is 2.19 bits per heavy atom. The van der Waals surface area contributed by atoms with Gasteiger partial charge in [0, 0.05) is 5.69 Å². The second-order valence-electron chi connectivity index (χ2n) is 7.60. The van der Waals surface area contributed by atoms with Crippen molar-refractivity contribution in [2.24, 2.45) is 0 Å². The molecule has 0 bridgehead atoms. The lowest BCUT2D eigenvalue weighted by atomic mass is 10.0. The van der Waals surface area contributed by atoms with Gasteiger partial charge in [-0.05, 0) is 72.9 Å². The quantitative estimate of drug-likeness (QED) is 0.569. The molecule has 4 rings (SSSR count). The monoisotopic (exact) mass is 414 g/mol. The Balaban J connectivity index is 1.82. The molecule has 31 heavy (non-hydrogen) atoms. The van der Waals surface area contributed by atoms with Gasteiger partial charge in [0.15, 0.2) is 0 Å². The number of anilines is 2. The largest absolute Gasteiger partial charge is 0.350 e. The molecule has 5 heteroatoms. The van der Waals surface area contributed by atoms with Gasteiger partial charge in [0.2, 0.25) is 0 Å². The first-order valence-corrected chi connectivity index (χ1v) is 10.2. The van der Waals surface area contributed by atoms with Crippen molar-refractivity contribution >= 4 is 28.8 Å². The number of hydrogen-bond donors (Lipinski definition) is 1. The second kappa shape index (κ2) is 8.19. The van der Waals surface area contributed by atoms with Gasteiger partial charge >= 0.3 is 0 Å².